The number of nitrogens with two attached hydrogens (primary N) is 1. The molecule has 5 nitrogen and oxygen atoms in total. The van der Waals surface area contributed by atoms with Crippen LogP contribution in [0.1, 0.15) is 16.2 Å². The summed E-state index contributed by atoms with van der Waals surface area (Å²) in [5, 5.41) is 0. The van der Waals surface area contributed by atoms with Crippen molar-refractivity contribution < 1.29 is 0 Å². The molecule has 7 heteroatoms. The van der Waals surface area contributed by atoms with Gasteiger partial charge in [0.15, 0.2) is 0 Å². The molecule has 1 aliphatic heterocycles. The average molecular weight is 285 g/mol. The van der Waals surface area contributed by atoms with E-state index >= 15 is 0 Å². The molecule has 5 N–H and O–H groups in total. The SMILES string of the molecule is CNNSN1C=C1CCc1ccc(CCNN)s1. The highest BCUT2D eigenvalue weighted by molar-refractivity contribution is 7.95. The largest absolute Gasteiger partial charge is 0.279 e. The first-order valence-corrected chi connectivity index (χ1v) is 7.52. The van der Waals surface area contributed by atoms with Gasteiger partial charge >= 0.3 is 0 Å². The van der Waals surface area contributed by atoms with E-state index in [0.717, 1.165) is 25.8 Å². The van der Waals surface area contributed by atoms with E-state index in [-0.39, 0.29) is 0 Å². The minimum Gasteiger partial charge on any atom is -0.279 e. The third-order valence-electron chi connectivity index (χ3n) is 2.59. The van der Waals surface area contributed by atoms with E-state index in [9.17, 15) is 0 Å². The number of rotatable bonds is 9. The maximum atomic E-state index is 5.27. The van der Waals surface area contributed by atoms with Crippen molar-refractivity contribution in [2.75, 3.05) is 13.6 Å². The summed E-state index contributed by atoms with van der Waals surface area (Å²) in [6, 6.07) is 4.43. The molecule has 2 heterocycles. The van der Waals surface area contributed by atoms with Crippen LogP contribution in [0.5, 0.6) is 0 Å². The third-order valence-corrected chi connectivity index (χ3v) is 4.63. The first-order chi connectivity index (χ1) is 8.83. The van der Waals surface area contributed by atoms with Crippen LogP contribution in [0.3, 0.4) is 0 Å². The summed E-state index contributed by atoms with van der Waals surface area (Å²) in [6.45, 7) is 0.839. The molecule has 0 bridgehead atoms. The highest BCUT2D eigenvalue weighted by atomic mass is 32.2. The minimum atomic E-state index is 0.839. The van der Waals surface area contributed by atoms with Crippen LogP contribution in [0, 0.1) is 0 Å². The highest BCUT2D eigenvalue weighted by Gasteiger charge is 2.20. The Kier molecular flexibility index (Phi) is 5.48. The Morgan fingerprint density at radius 3 is 2.78 bits per heavy atom. The quantitative estimate of drug-likeness (QED) is 0.310. The van der Waals surface area contributed by atoms with Gasteiger partial charge in [-0.1, -0.05) is 0 Å². The minimum absolute atomic E-state index is 0.839. The molecule has 1 aromatic heterocycles. The Morgan fingerprint density at radius 1 is 1.28 bits per heavy atom. The Balaban J connectivity index is 1.65. The molecule has 0 spiro atoms. The zero-order valence-electron chi connectivity index (χ0n) is 10.4. The van der Waals surface area contributed by atoms with Crippen LogP contribution in [-0.2, 0) is 12.8 Å². The molecule has 2 rings (SSSR count). The van der Waals surface area contributed by atoms with E-state index in [1.165, 1.54) is 15.5 Å². The van der Waals surface area contributed by atoms with E-state index in [1.807, 2.05) is 18.4 Å². The third kappa shape index (κ3) is 4.27. The lowest BCUT2D eigenvalue weighted by Crippen LogP contribution is -2.24. The topological polar surface area (TPSA) is 65.1 Å². The van der Waals surface area contributed by atoms with Gasteiger partial charge in [-0.25, -0.2) is 5.43 Å². The zero-order valence-corrected chi connectivity index (χ0v) is 12.0. The monoisotopic (exact) mass is 285 g/mol. The van der Waals surface area contributed by atoms with E-state index in [0.29, 0.717) is 0 Å². The van der Waals surface area contributed by atoms with Gasteiger partial charge in [-0.05, 0) is 38.4 Å². The number of nitrogens with zero attached hydrogens (tertiary/aromatic N) is 1. The summed E-state index contributed by atoms with van der Waals surface area (Å²) in [4.78, 5) is 5.83. The molecule has 0 saturated carbocycles. The van der Waals surface area contributed by atoms with Gasteiger partial charge in [0.1, 0.15) is 0 Å². The molecule has 0 saturated heterocycles. The van der Waals surface area contributed by atoms with Crippen molar-refractivity contribution in [1.82, 2.24) is 20.0 Å². The fourth-order valence-electron chi connectivity index (χ4n) is 1.60. The molecular formula is C11H19N5S2. The van der Waals surface area contributed by atoms with Crippen molar-refractivity contribution in [2.24, 2.45) is 5.84 Å². The number of allylic oxidation sites excluding steroid dienone is 1. The van der Waals surface area contributed by atoms with Gasteiger partial charge in [0.2, 0.25) is 0 Å². The van der Waals surface area contributed by atoms with Gasteiger partial charge in [-0.15, -0.1) is 11.3 Å². The van der Waals surface area contributed by atoms with Crippen molar-refractivity contribution in [3.8, 4) is 0 Å². The summed E-state index contributed by atoms with van der Waals surface area (Å²) in [5.74, 6) is 5.27. The number of thiophene rings is 1. The summed E-state index contributed by atoms with van der Waals surface area (Å²) < 4.78 is 2.14. The predicted octanol–water partition coefficient (Wildman–Crippen LogP) is 1.13. The van der Waals surface area contributed by atoms with E-state index in [1.54, 1.807) is 12.1 Å². The lowest BCUT2D eigenvalue weighted by molar-refractivity contribution is 0.733. The number of aryl methyl sites for hydroxylation is 1. The molecule has 100 valence electrons. The average Bonchev–Trinajstić information content (AvgIpc) is 2.99. The van der Waals surface area contributed by atoms with Gasteiger partial charge in [-0.3, -0.25) is 15.6 Å². The molecule has 1 aliphatic rings. The fourth-order valence-corrected chi connectivity index (χ4v) is 3.19. The maximum absolute atomic E-state index is 5.27. The van der Waals surface area contributed by atoms with Crippen molar-refractivity contribution in [3.63, 3.8) is 0 Å². The van der Waals surface area contributed by atoms with Gasteiger partial charge < -0.3 is 0 Å². The summed E-state index contributed by atoms with van der Waals surface area (Å²) >= 11 is 3.45. The molecule has 0 aliphatic carbocycles. The summed E-state index contributed by atoms with van der Waals surface area (Å²) in [6.07, 6.45) is 5.39. The first-order valence-electron chi connectivity index (χ1n) is 5.93. The van der Waals surface area contributed by atoms with E-state index < -0.39 is 0 Å². The Hall–Kier alpha value is -0.570. The lowest BCUT2D eigenvalue weighted by atomic mass is 10.2. The van der Waals surface area contributed by atoms with Crippen LogP contribution < -0.4 is 21.5 Å². The molecule has 18 heavy (non-hydrogen) atoms. The fraction of sp³-hybridized carbons (Fsp3) is 0.455. The van der Waals surface area contributed by atoms with Gasteiger partial charge in [0, 0.05) is 28.2 Å². The van der Waals surface area contributed by atoms with Crippen molar-refractivity contribution in [1.29, 1.82) is 0 Å². The van der Waals surface area contributed by atoms with Crippen molar-refractivity contribution in [3.05, 3.63) is 33.8 Å². The van der Waals surface area contributed by atoms with Gasteiger partial charge in [0.25, 0.3) is 0 Å². The van der Waals surface area contributed by atoms with Crippen LogP contribution in [0.4, 0.5) is 0 Å². The number of hydrogen-bond acceptors (Lipinski definition) is 7. The first kappa shape index (κ1) is 13.9. The molecule has 1 aromatic rings. The molecule has 0 radical (unpaired) electrons. The number of nitrogens with one attached hydrogen (secondary N) is 3. The molecule has 0 atom stereocenters. The van der Waals surface area contributed by atoms with Crippen LogP contribution >= 0.6 is 23.5 Å². The van der Waals surface area contributed by atoms with Crippen LogP contribution in [0.15, 0.2) is 24.0 Å². The van der Waals surface area contributed by atoms with Gasteiger partial charge in [-0.2, -0.15) is 4.83 Å². The number of hydrazine groups is 2. The molecule has 0 amide bonds. The second-order valence-electron chi connectivity index (χ2n) is 3.96. The summed E-state index contributed by atoms with van der Waals surface area (Å²) in [5.41, 5.74) is 6.96. The molecular weight excluding hydrogens is 266 g/mol. The Morgan fingerprint density at radius 2 is 2.06 bits per heavy atom. The normalized spacial score (nSPS) is 13.9. The van der Waals surface area contributed by atoms with Crippen LogP contribution in [-0.4, -0.2) is 17.9 Å². The van der Waals surface area contributed by atoms with Crippen molar-refractivity contribution in [2.45, 2.75) is 19.3 Å². The summed E-state index contributed by atoms with van der Waals surface area (Å²) in [7, 11) is 1.86. The molecule has 0 aromatic carbocycles. The van der Waals surface area contributed by atoms with Crippen LogP contribution in [0.2, 0.25) is 0 Å². The lowest BCUT2D eigenvalue weighted by Gasteiger charge is -2.04. The van der Waals surface area contributed by atoms with Crippen LogP contribution in [0.25, 0.3) is 0 Å². The van der Waals surface area contributed by atoms with Gasteiger partial charge in [0.05, 0.1) is 12.1 Å². The second-order valence-corrected chi connectivity index (χ2v) is 5.99. The number of hydrogen-bond donors (Lipinski definition) is 4. The zero-order chi connectivity index (χ0) is 12.8. The Labute approximate surface area is 116 Å². The second kappa shape index (κ2) is 7.13. The van der Waals surface area contributed by atoms with E-state index in [2.05, 4.69) is 38.3 Å². The standard InChI is InChI=1S/C11H19N5S2/c1-13-15-18-16-8-9(16)2-3-10-4-5-11(17-10)6-7-14-12/h4-5,8,13-15H,2-3,6-7,12H2,1H3. The van der Waals surface area contributed by atoms with E-state index in [4.69, 9.17) is 5.84 Å². The smallest absolute Gasteiger partial charge is 0.0567 e. The predicted molar refractivity (Wildman–Crippen MR) is 78.2 cm³/mol. The highest BCUT2D eigenvalue weighted by Crippen LogP contribution is 2.32. The Bertz CT molecular complexity index is 404. The maximum Gasteiger partial charge on any atom is 0.0567 e. The molecule has 0 fully saturated rings. The molecule has 0 unspecified atom stereocenters. The van der Waals surface area contributed by atoms with Crippen molar-refractivity contribution >= 4 is 23.5 Å².